The summed E-state index contributed by atoms with van der Waals surface area (Å²) < 4.78 is 5.57. The van der Waals surface area contributed by atoms with Crippen molar-refractivity contribution < 1.29 is 9.53 Å². The highest BCUT2D eigenvalue weighted by molar-refractivity contribution is 6.30. The Morgan fingerprint density at radius 3 is 2.69 bits per heavy atom. The van der Waals surface area contributed by atoms with Gasteiger partial charge in [-0.05, 0) is 23.8 Å². The Bertz CT molecular complexity index is 466. The van der Waals surface area contributed by atoms with E-state index in [1.54, 1.807) is 0 Å². The summed E-state index contributed by atoms with van der Waals surface area (Å²) in [4.78, 5) is 11.1. The molecule has 1 N–H and O–H groups in total. The second-order valence-electron chi connectivity index (χ2n) is 4.00. The van der Waals surface area contributed by atoms with Crippen LogP contribution in [0.4, 0.5) is 0 Å². The fourth-order valence-electron chi connectivity index (χ4n) is 1.90. The summed E-state index contributed by atoms with van der Waals surface area (Å²) in [5.41, 5.74) is 1.05. The Kier molecular flexibility index (Phi) is 2.14. The predicted octanol–water partition coefficient (Wildman–Crippen LogP) is 1.87. The van der Waals surface area contributed by atoms with Crippen LogP contribution in [0.5, 0.6) is 0 Å². The lowest BCUT2D eigenvalue weighted by atomic mass is 9.78. The highest BCUT2D eigenvalue weighted by Gasteiger charge is 2.49. The molecule has 2 aliphatic rings. The van der Waals surface area contributed by atoms with Crippen LogP contribution in [0.25, 0.3) is 0 Å². The van der Waals surface area contributed by atoms with Gasteiger partial charge in [0.15, 0.2) is 0 Å². The third-order valence-corrected chi connectivity index (χ3v) is 3.17. The summed E-state index contributed by atoms with van der Waals surface area (Å²) in [7, 11) is 0. The molecule has 1 aromatic carbocycles. The second kappa shape index (κ2) is 3.52. The molecule has 0 unspecified atom stereocenters. The molecule has 1 amide bonds. The number of carbonyl (C=O) groups is 1. The van der Waals surface area contributed by atoms with Crippen molar-refractivity contribution in [2.24, 2.45) is 5.92 Å². The minimum absolute atomic E-state index is 0.0349. The van der Waals surface area contributed by atoms with Gasteiger partial charge in [0, 0.05) is 5.02 Å². The van der Waals surface area contributed by atoms with E-state index in [1.807, 2.05) is 30.3 Å². The topological polar surface area (TPSA) is 38.3 Å². The molecule has 0 radical (unpaired) electrons. The van der Waals surface area contributed by atoms with Crippen molar-refractivity contribution in [3.63, 3.8) is 0 Å². The van der Waals surface area contributed by atoms with Gasteiger partial charge in [-0.2, -0.15) is 0 Å². The first kappa shape index (κ1) is 9.73. The molecule has 1 heterocycles. The first-order valence-electron chi connectivity index (χ1n) is 5.13. The molecular weight excluding hydrogens is 226 g/mol. The maximum absolute atomic E-state index is 11.1. The van der Waals surface area contributed by atoms with E-state index >= 15 is 0 Å². The molecule has 1 fully saturated rings. The van der Waals surface area contributed by atoms with Gasteiger partial charge in [0.05, 0.1) is 6.04 Å². The number of nitrogens with one attached hydrogen (secondary N) is 1. The van der Waals surface area contributed by atoms with Crippen molar-refractivity contribution in [1.82, 2.24) is 5.32 Å². The monoisotopic (exact) mass is 235 g/mol. The molecule has 1 aliphatic carbocycles. The first-order valence-corrected chi connectivity index (χ1v) is 5.51. The van der Waals surface area contributed by atoms with E-state index in [1.165, 1.54) is 0 Å². The van der Waals surface area contributed by atoms with E-state index in [2.05, 4.69) is 5.32 Å². The average molecular weight is 236 g/mol. The largest absolute Gasteiger partial charge is 0.493 e. The zero-order chi connectivity index (χ0) is 11.1. The molecule has 82 valence electrons. The quantitative estimate of drug-likeness (QED) is 0.813. The molecule has 3 nitrogen and oxygen atoms in total. The third kappa shape index (κ3) is 1.48. The number of β-lactam (4-membered cyclic amide) rings is 1. The molecule has 0 spiro atoms. The van der Waals surface area contributed by atoms with E-state index in [-0.39, 0.29) is 17.9 Å². The molecular formula is C12H10ClNO2. The van der Waals surface area contributed by atoms with Gasteiger partial charge in [-0.15, -0.1) is 0 Å². The summed E-state index contributed by atoms with van der Waals surface area (Å²) in [5, 5.41) is 3.48. The third-order valence-electron chi connectivity index (χ3n) is 2.92. The molecule has 1 aliphatic heterocycles. The van der Waals surface area contributed by atoms with Crippen molar-refractivity contribution >= 4 is 17.5 Å². The summed E-state index contributed by atoms with van der Waals surface area (Å²) in [5.74, 6) is 0.828. The number of rotatable bonds is 3. The van der Waals surface area contributed by atoms with Crippen molar-refractivity contribution in [3.05, 3.63) is 46.7 Å². The normalized spacial score (nSPS) is 25.8. The van der Waals surface area contributed by atoms with Crippen molar-refractivity contribution in [1.29, 1.82) is 0 Å². The number of hydrogen-bond acceptors (Lipinski definition) is 2. The van der Waals surface area contributed by atoms with E-state index in [0.717, 1.165) is 11.3 Å². The van der Waals surface area contributed by atoms with Gasteiger partial charge in [0.25, 0.3) is 0 Å². The molecule has 0 aromatic heterocycles. The van der Waals surface area contributed by atoms with E-state index in [0.29, 0.717) is 11.6 Å². The molecule has 2 atom stereocenters. The van der Waals surface area contributed by atoms with E-state index in [9.17, 15) is 4.79 Å². The smallest absolute Gasteiger partial charge is 0.233 e. The summed E-state index contributed by atoms with van der Waals surface area (Å²) >= 11 is 5.78. The molecule has 0 saturated carbocycles. The maximum atomic E-state index is 11.1. The molecule has 16 heavy (non-hydrogen) atoms. The standard InChI is InChI=1S/C12H10ClNO2/c13-8-3-1-7(2-4-8)6-16-10-5-9-11(10)12(15)14-9/h1-5,9,11H,6H2,(H,14,15)/t9-,11-/m0/s1. The van der Waals surface area contributed by atoms with Crippen LogP contribution in [0, 0.1) is 5.92 Å². The molecule has 1 saturated heterocycles. The Morgan fingerprint density at radius 1 is 1.31 bits per heavy atom. The van der Waals surface area contributed by atoms with E-state index < -0.39 is 0 Å². The lowest BCUT2D eigenvalue weighted by Gasteiger charge is -2.43. The Hall–Kier alpha value is -1.48. The number of ether oxygens (including phenoxy) is 1. The fourth-order valence-corrected chi connectivity index (χ4v) is 2.02. The fraction of sp³-hybridized carbons (Fsp3) is 0.250. The number of hydrogen-bond donors (Lipinski definition) is 1. The SMILES string of the molecule is O=C1N[C@H]2C=C(OCc3ccc(Cl)cc3)[C@@H]12. The van der Waals surface area contributed by atoms with E-state index in [4.69, 9.17) is 16.3 Å². The van der Waals surface area contributed by atoms with Gasteiger partial charge < -0.3 is 10.1 Å². The van der Waals surface area contributed by atoms with Crippen LogP contribution in [-0.2, 0) is 16.1 Å². The van der Waals surface area contributed by atoms with Gasteiger partial charge in [0.2, 0.25) is 5.91 Å². The van der Waals surface area contributed by atoms with Gasteiger partial charge in [-0.3, -0.25) is 4.79 Å². The maximum Gasteiger partial charge on any atom is 0.233 e. The van der Waals surface area contributed by atoms with Crippen LogP contribution in [-0.4, -0.2) is 11.9 Å². The minimum atomic E-state index is -0.0349. The van der Waals surface area contributed by atoms with Gasteiger partial charge in [-0.1, -0.05) is 23.7 Å². The zero-order valence-corrected chi connectivity index (χ0v) is 9.20. The van der Waals surface area contributed by atoms with Crippen LogP contribution in [0.3, 0.4) is 0 Å². The van der Waals surface area contributed by atoms with Gasteiger partial charge in [0.1, 0.15) is 18.3 Å². The lowest BCUT2D eigenvalue weighted by Crippen LogP contribution is -2.63. The second-order valence-corrected chi connectivity index (χ2v) is 4.43. The Balaban J connectivity index is 1.60. The minimum Gasteiger partial charge on any atom is -0.493 e. The summed E-state index contributed by atoms with van der Waals surface area (Å²) in [6.07, 6.45) is 1.95. The van der Waals surface area contributed by atoms with Gasteiger partial charge >= 0.3 is 0 Å². The number of carbonyl (C=O) groups excluding carboxylic acids is 1. The highest BCUT2D eigenvalue weighted by Crippen LogP contribution is 2.35. The Morgan fingerprint density at radius 2 is 2.06 bits per heavy atom. The highest BCUT2D eigenvalue weighted by atomic mass is 35.5. The molecule has 3 rings (SSSR count). The van der Waals surface area contributed by atoms with Gasteiger partial charge in [-0.25, -0.2) is 0 Å². The summed E-state index contributed by atoms with van der Waals surface area (Å²) in [6, 6.07) is 7.70. The molecule has 4 heteroatoms. The van der Waals surface area contributed by atoms with Crippen LogP contribution < -0.4 is 5.32 Å². The van der Waals surface area contributed by atoms with Crippen LogP contribution in [0.2, 0.25) is 5.02 Å². The van der Waals surface area contributed by atoms with Crippen LogP contribution >= 0.6 is 11.6 Å². The van der Waals surface area contributed by atoms with Crippen LogP contribution in [0.15, 0.2) is 36.1 Å². The average Bonchev–Trinajstić information content (AvgIpc) is 2.24. The number of benzene rings is 1. The Labute approximate surface area is 98.0 Å². The van der Waals surface area contributed by atoms with Crippen molar-refractivity contribution in [3.8, 4) is 0 Å². The number of halogens is 1. The lowest BCUT2D eigenvalue weighted by molar-refractivity contribution is -0.136. The predicted molar refractivity (Wildman–Crippen MR) is 59.7 cm³/mol. The number of fused-ring (bicyclic) bond motifs is 1. The van der Waals surface area contributed by atoms with Crippen molar-refractivity contribution in [2.45, 2.75) is 12.6 Å². The molecule has 1 aromatic rings. The van der Waals surface area contributed by atoms with Crippen LogP contribution in [0.1, 0.15) is 5.56 Å². The summed E-state index contributed by atoms with van der Waals surface area (Å²) in [6.45, 7) is 0.486. The molecule has 0 bridgehead atoms. The van der Waals surface area contributed by atoms with Crippen molar-refractivity contribution in [2.75, 3.05) is 0 Å². The zero-order valence-electron chi connectivity index (χ0n) is 8.44. The number of amides is 1. The first-order chi connectivity index (χ1) is 7.74.